The first-order chi connectivity index (χ1) is 12.5. The number of nitrogens with zero attached hydrogens (tertiary/aromatic N) is 2. The molecule has 0 spiro atoms. The molecule has 0 saturated heterocycles. The molecule has 3 heterocycles. The smallest absolute Gasteiger partial charge is 0.256 e. The molecular weight excluding hydrogens is 338 g/mol. The van der Waals surface area contributed by atoms with E-state index in [9.17, 15) is 20.1 Å². The van der Waals surface area contributed by atoms with E-state index in [-0.39, 0.29) is 22.8 Å². The Morgan fingerprint density at radius 3 is 2.77 bits per heavy atom. The van der Waals surface area contributed by atoms with E-state index in [4.69, 9.17) is 4.42 Å². The minimum absolute atomic E-state index is 0.105. The number of nitrogens with one attached hydrogen (secondary N) is 1. The lowest BCUT2D eigenvalue weighted by molar-refractivity contribution is 0.238. The SMILES string of the molecule is O=c1[nH]c(-c2ccco2)nc2c1CN(Cc1cc(O)c(O)cc1O)CC2. The van der Waals surface area contributed by atoms with Crippen LogP contribution in [0.5, 0.6) is 17.2 Å². The first kappa shape index (κ1) is 16.2. The van der Waals surface area contributed by atoms with E-state index in [1.165, 1.54) is 12.3 Å². The molecule has 1 aromatic carbocycles. The summed E-state index contributed by atoms with van der Waals surface area (Å²) in [4.78, 5) is 21.7. The molecule has 1 aliphatic heterocycles. The molecule has 0 saturated carbocycles. The van der Waals surface area contributed by atoms with Crippen LogP contribution in [0.3, 0.4) is 0 Å². The molecule has 1 aliphatic rings. The molecular formula is C18H17N3O5. The lowest BCUT2D eigenvalue weighted by Gasteiger charge is -2.27. The molecule has 4 rings (SSSR count). The molecule has 2 aromatic heterocycles. The van der Waals surface area contributed by atoms with Crippen molar-refractivity contribution in [2.75, 3.05) is 6.54 Å². The van der Waals surface area contributed by atoms with E-state index in [1.54, 1.807) is 12.1 Å². The Kier molecular flexibility index (Phi) is 3.89. The second-order valence-corrected chi connectivity index (χ2v) is 6.25. The number of benzene rings is 1. The highest BCUT2D eigenvalue weighted by Gasteiger charge is 2.23. The standard InChI is InChI=1S/C18H17N3O5/c22-13-7-15(24)14(23)6-10(13)8-21-4-3-12-11(9-21)18(25)20-17(19-12)16-2-1-5-26-16/h1-2,5-7,22-24H,3-4,8-9H2,(H,19,20,25). The van der Waals surface area contributed by atoms with Crippen molar-refractivity contribution >= 4 is 0 Å². The Balaban J connectivity index is 1.59. The minimum atomic E-state index is -0.374. The summed E-state index contributed by atoms with van der Waals surface area (Å²) >= 11 is 0. The van der Waals surface area contributed by atoms with Gasteiger partial charge in [-0.05, 0) is 18.2 Å². The van der Waals surface area contributed by atoms with Crippen LogP contribution < -0.4 is 5.56 Å². The third kappa shape index (κ3) is 2.91. The monoisotopic (exact) mass is 355 g/mol. The van der Waals surface area contributed by atoms with Gasteiger partial charge in [0, 0.05) is 37.7 Å². The number of phenolic OH excluding ortho intramolecular Hbond substituents is 3. The van der Waals surface area contributed by atoms with Gasteiger partial charge in [0.1, 0.15) is 5.75 Å². The predicted molar refractivity (Wildman–Crippen MR) is 91.8 cm³/mol. The van der Waals surface area contributed by atoms with Crippen molar-refractivity contribution in [2.45, 2.75) is 19.5 Å². The van der Waals surface area contributed by atoms with E-state index in [0.29, 0.717) is 48.8 Å². The number of fused-ring (bicyclic) bond motifs is 1. The number of hydrogen-bond acceptors (Lipinski definition) is 7. The van der Waals surface area contributed by atoms with Gasteiger partial charge in [-0.2, -0.15) is 0 Å². The third-order valence-corrected chi connectivity index (χ3v) is 4.47. The highest BCUT2D eigenvalue weighted by molar-refractivity contribution is 5.49. The van der Waals surface area contributed by atoms with Crippen LogP contribution in [0.1, 0.15) is 16.8 Å². The minimum Gasteiger partial charge on any atom is -0.507 e. The zero-order chi connectivity index (χ0) is 18.3. The fourth-order valence-electron chi connectivity index (χ4n) is 3.12. The molecule has 0 amide bonds. The molecule has 134 valence electrons. The molecule has 4 N–H and O–H groups in total. The lowest BCUT2D eigenvalue weighted by atomic mass is 10.1. The summed E-state index contributed by atoms with van der Waals surface area (Å²) in [5.41, 5.74) is 1.56. The van der Waals surface area contributed by atoms with E-state index in [1.807, 2.05) is 4.90 Å². The summed E-state index contributed by atoms with van der Waals surface area (Å²) in [6.07, 6.45) is 2.11. The molecule has 0 aliphatic carbocycles. The van der Waals surface area contributed by atoms with E-state index < -0.39 is 0 Å². The van der Waals surface area contributed by atoms with E-state index >= 15 is 0 Å². The highest BCUT2D eigenvalue weighted by Crippen LogP contribution is 2.33. The molecule has 8 heteroatoms. The van der Waals surface area contributed by atoms with Crippen molar-refractivity contribution in [3.8, 4) is 28.8 Å². The van der Waals surface area contributed by atoms with Crippen molar-refractivity contribution in [2.24, 2.45) is 0 Å². The molecule has 8 nitrogen and oxygen atoms in total. The summed E-state index contributed by atoms with van der Waals surface area (Å²) in [5.74, 6) is 0.149. The molecule has 3 aromatic rings. The average Bonchev–Trinajstić information content (AvgIpc) is 3.15. The van der Waals surface area contributed by atoms with Crippen LogP contribution in [0, 0.1) is 0 Å². The zero-order valence-corrected chi connectivity index (χ0v) is 13.8. The zero-order valence-electron chi connectivity index (χ0n) is 13.8. The van der Waals surface area contributed by atoms with Gasteiger partial charge < -0.3 is 24.7 Å². The van der Waals surface area contributed by atoms with Gasteiger partial charge in [-0.15, -0.1) is 0 Å². The number of furan rings is 1. The Hall–Kier alpha value is -3.26. The maximum Gasteiger partial charge on any atom is 0.256 e. The van der Waals surface area contributed by atoms with Crippen LogP contribution in [0.4, 0.5) is 0 Å². The third-order valence-electron chi connectivity index (χ3n) is 4.47. The topological polar surface area (TPSA) is 123 Å². The van der Waals surface area contributed by atoms with Gasteiger partial charge in [-0.25, -0.2) is 4.98 Å². The maximum atomic E-state index is 12.5. The van der Waals surface area contributed by atoms with Crippen LogP contribution in [0.25, 0.3) is 11.6 Å². The maximum absolute atomic E-state index is 12.5. The Morgan fingerprint density at radius 1 is 1.19 bits per heavy atom. The molecule has 0 bridgehead atoms. The van der Waals surface area contributed by atoms with Gasteiger partial charge in [0.25, 0.3) is 5.56 Å². The number of aromatic amines is 1. The number of aromatic hydroxyl groups is 3. The molecule has 0 unspecified atom stereocenters. The fraction of sp³-hybridized carbons (Fsp3) is 0.222. The Labute approximate surface area is 148 Å². The number of rotatable bonds is 3. The van der Waals surface area contributed by atoms with E-state index in [0.717, 1.165) is 11.8 Å². The van der Waals surface area contributed by atoms with Crippen molar-refractivity contribution in [3.63, 3.8) is 0 Å². The number of H-pyrrole nitrogens is 1. The van der Waals surface area contributed by atoms with Crippen LogP contribution in [0.2, 0.25) is 0 Å². The van der Waals surface area contributed by atoms with Crippen LogP contribution in [0.15, 0.2) is 39.7 Å². The number of hydrogen-bond donors (Lipinski definition) is 4. The lowest BCUT2D eigenvalue weighted by Crippen LogP contribution is -2.35. The van der Waals surface area contributed by atoms with Gasteiger partial charge >= 0.3 is 0 Å². The van der Waals surface area contributed by atoms with Gasteiger partial charge in [-0.1, -0.05) is 0 Å². The first-order valence-corrected chi connectivity index (χ1v) is 8.13. The van der Waals surface area contributed by atoms with Crippen molar-refractivity contribution in [1.82, 2.24) is 14.9 Å². The van der Waals surface area contributed by atoms with Crippen molar-refractivity contribution in [1.29, 1.82) is 0 Å². The highest BCUT2D eigenvalue weighted by atomic mass is 16.3. The molecule has 0 fully saturated rings. The predicted octanol–water partition coefficient (Wildman–Crippen LogP) is 1.70. The molecule has 0 atom stereocenters. The molecule has 0 radical (unpaired) electrons. The fourth-order valence-corrected chi connectivity index (χ4v) is 3.12. The van der Waals surface area contributed by atoms with Crippen LogP contribution >= 0.6 is 0 Å². The van der Waals surface area contributed by atoms with Crippen LogP contribution in [-0.4, -0.2) is 36.7 Å². The summed E-state index contributed by atoms with van der Waals surface area (Å²) in [6, 6.07) is 5.89. The summed E-state index contributed by atoms with van der Waals surface area (Å²) in [6.45, 7) is 1.35. The molecule has 26 heavy (non-hydrogen) atoms. The van der Waals surface area contributed by atoms with Crippen LogP contribution in [-0.2, 0) is 19.5 Å². The van der Waals surface area contributed by atoms with Gasteiger partial charge in [0.15, 0.2) is 23.1 Å². The number of phenols is 3. The quantitative estimate of drug-likeness (QED) is 0.416. The van der Waals surface area contributed by atoms with E-state index in [2.05, 4.69) is 9.97 Å². The second-order valence-electron chi connectivity index (χ2n) is 6.25. The second kappa shape index (κ2) is 6.23. The summed E-state index contributed by atoms with van der Waals surface area (Å²) in [5, 5.41) is 29.0. The van der Waals surface area contributed by atoms with Crippen molar-refractivity contribution in [3.05, 3.63) is 57.7 Å². The van der Waals surface area contributed by atoms with Crippen molar-refractivity contribution < 1.29 is 19.7 Å². The Bertz CT molecular complexity index is 1010. The van der Waals surface area contributed by atoms with Gasteiger partial charge in [0.2, 0.25) is 0 Å². The Morgan fingerprint density at radius 2 is 2.00 bits per heavy atom. The summed E-state index contributed by atoms with van der Waals surface area (Å²) in [7, 11) is 0. The first-order valence-electron chi connectivity index (χ1n) is 8.13. The van der Waals surface area contributed by atoms with Gasteiger partial charge in [-0.3, -0.25) is 9.69 Å². The number of aromatic nitrogens is 2. The normalized spacial score (nSPS) is 14.3. The average molecular weight is 355 g/mol. The van der Waals surface area contributed by atoms with Gasteiger partial charge in [0.05, 0.1) is 17.5 Å². The largest absolute Gasteiger partial charge is 0.507 e. The summed E-state index contributed by atoms with van der Waals surface area (Å²) < 4.78 is 5.28.